The van der Waals surface area contributed by atoms with Gasteiger partial charge in [-0.15, -0.1) is 0 Å². The normalized spacial score (nSPS) is 11.1. The molecule has 14 heavy (non-hydrogen) atoms. The lowest BCUT2D eigenvalue weighted by Gasteiger charge is -2.09. The van der Waals surface area contributed by atoms with Crippen molar-refractivity contribution in [2.75, 3.05) is 0 Å². The summed E-state index contributed by atoms with van der Waals surface area (Å²) in [6, 6.07) is 2.17. The zero-order valence-corrected chi connectivity index (χ0v) is 7.74. The molecule has 0 fully saturated rings. The van der Waals surface area contributed by atoms with Crippen LogP contribution in [0, 0.1) is 18.3 Å². The summed E-state index contributed by atoms with van der Waals surface area (Å²) in [6.45, 7) is 1.39. The van der Waals surface area contributed by atoms with Crippen LogP contribution in [-0.4, -0.2) is 4.98 Å². The predicted molar refractivity (Wildman–Crippen MR) is 43.7 cm³/mol. The molecule has 0 aromatic carbocycles. The SMILES string of the molecule is Cc1cc(C(F)(F)F)c(C#N)nc1Cl. The molecule has 0 amide bonds. The second-order valence-corrected chi connectivity index (χ2v) is 2.96. The third kappa shape index (κ3) is 1.96. The Labute approximate surface area is 82.9 Å². The lowest BCUT2D eigenvalue weighted by Crippen LogP contribution is -2.10. The van der Waals surface area contributed by atoms with E-state index in [1.54, 1.807) is 0 Å². The van der Waals surface area contributed by atoms with Crippen LogP contribution in [-0.2, 0) is 6.18 Å². The van der Waals surface area contributed by atoms with E-state index < -0.39 is 17.4 Å². The fourth-order valence-corrected chi connectivity index (χ4v) is 1.03. The molecule has 74 valence electrons. The smallest absolute Gasteiger partial charge is 0.224 e. The van der Waals surface area contributed by atoms with Crippen LogP contribution in [0.5, 0.6) is 0 Å². The summed E-state index contributed by atoms with van der Waals surface area (Å²) < 4.78 is 36.9. The summed E-state index contributed by atoms with van der Waals surface area (Å²) in [5, 5.41) is 8.34. The van der Waals surface area contributed by atoms with Gasteiger partial charge in [-0.1, -0.05) is 11.6 Å². The van der Waals surface area contributed by atoms with Gasteiger partial charge in [0.25, 0.3) is 0 Å². The number of pyridine rings is 1. The molecule has 0 spiro atoms. The zero-order valence-electron chi connectivity index (χ0n) is 6.98. The summed E-state index contributed by atoms with van der Waals surface area (Å²) in [6.07, 6.45) is -4.58. The first-order valence-electron chi connectivity index (χ1n) is 3.50. The fourth-order valence-electron chi connectivity index (χ4n) is 0.892. The summed E-state index contributed by atoms with van der Waals surface area (Å²) in [7, 11) is 0. The van der Waals surface area contributed by atoms with E-state index in [4.69, 9.17) is 16.9 Å². The van der Waals surface area contributed by atoms with Crippen LogP contribution in [0.2, 0.25) is 5.15 Å². The molecule has 0 aliphatic heterocycles. The lowest BCUT2D eigenvalue weighted by atomic mass is 10.1. The summed E-state index contributed by atoms with van der Waals surface area (Å²) in [5.74, 6) is 0. The lowest BCUT2D eigenvalue weighted by molar-refractivity contribution is -0.138. The number of aromatic nitrogens is 1. The van der Waals surface area contributed by atoms with Crippen molar-refractivity contribution in [1.29, 1.82) is 5.26 Å². The maximum atomic E-state index is 12.3. The van der Waals surface area contributed by atoms with Gasteiger partial charge in [0.15, 0.2) is 5.69 Å². The molecular formula is C8H4ClF3N2. The molecule has 1 rings (SSSR count). The number of rotatable bonds is 0. The van der Waals surface area contributed by atoms with Crippen LogP contribution in [0.1, 0.15) is 16.8 Å². The van der Waals surface area contributed by atoms with E-state index in [9.17, 15) is 13.2 Å². The van der Waals surface area contributed by atoms with Gasteiger partial charge in [-0.2, -0.15) is 18.4 Å². The highest BCUT2D eigenvalue weighted by atomic mass is 35.5. The highest BCUT2D eigenvalue weighted by molar-refractivity contribution is 6.30. The number of halogens is 4. The molecule has 2 nitrogen and oxygen atoms in total. The Kier molecular flexibility index (Phi) is 2.67. The average molecular weight is 221 g/mol. The Hall–Kier alpha value is -1.28. The number of alkyl halides is 3. The summed E-state index contributed by atoms with van der Waals surface area (Å²) in [5.41, 5.74) is -1.56. The first-order valence-corrected chi connectivity index (χ1v) is 3.88. The molecule has 0 aliphatic rings. The van der Waals surface area contributed by atoms with Gasteiger partial charge < -0.3 is 0 Å². The van der Waals surface area contributed by atoms with Crippen LogP contribution in [0.25, 0.3) is 0 Å². The third-order valence-corrected chi connectivity index (χ3v) is 1.95. The van der Waals surface area contributed by atoms with E-state index in [2.05, 4.69) is 4.98 Å². The summed E-state index contributed by atoms with van der Waals surface area (Å²) >= 11 is 5.49. The van der Waals surface area contributed by atoms with Crippen molar-refractivity contribution in [3.8, 4) is 6.07 Å². The van der Waals surface area contributed by atoms with Gasteiger partial charge >= 0.3 is 6.18 Å². The molecule has 0 saturated heterocycles. The topological polar surface area (TPSA) is 36.7 Å². The van der Waals surface area contributed by atoms with Crippen molar-refractivity contribution in [2.45, 2.75) is 13.1 Å². The summed E-state index contributed by atoms with van der Waals surface area (Å²) in [4.78, 5) is 3.34. The van der Waals surface area contributed by atoms with Crippen LogP contribution in [0.3, 0.4) is 0 Å². The Morgan fingerprint density at radius 2 is 2.07 bits per heavy atom. The average Bonchev–Trinajstić information content (AvgIpc) is 2.07. The molecule has 0 bridgehead atoms. The van der Waals surface area contributed by atoms with Crippen molar-refractivity contribution >= 4 is 11.6 Å². The van der Waals surface area contributed by atoms with Crippen molar-refractivity contribution in [2.24, 2.45) is 0 Å². The molecule has 0 aliphatic carbocycles. The Balaban J connectivity index is 3.45. The minimum atomic E-state index is -4.58. The molecule has 0 radical (unpaired) electrons. The number of hydrogen-bond acceptors (Lipinski definition) is 2. The monoisotopic (exact) mass is 220 g/mol. The molecule has 1 aromatic rings. The van der Waals surface area contributed by atoms with Crippen LogP contribution in [0.15, 0.2) is 6.07 Å². The molecule has 0 unspecified atom stereocenters. The number of nitrogens with zero attached hydrogens (tertiary/aromatic N) is 2. The van der Waals surface area contributed by atoms with Gasteiger partial charge in [0.2, 0.25) is 0 Å². The minimum absolute atomic E-state index is 0.0884. The molecule has 1 heterocycles. The Morgan fingerprint density at radius 1 is 1.50 bits per heavy atom. The molecule has 1 aromatic heterocycles. The largest absolute Gasteiger partial charge is 0.419 e. The zero-order chi connectivity index (χ0) is 10.9. The van der Waals surface area contributed by atoms with E-state index in [0.29, 0.717) is 0 Å². The Bertz CT molecular complexity index is 406. The first kappa shape index (κ1) is 10.8. The van der Waals surface area contributed by atoms with Crippen molar-refractivity contribution < 1.29 is 13.2 Å². The molecule has 6 heteroatoms. The quantitative estimate of drug-likeness (QED) is 0.631. The van der Waals surface area contributed by atoms with Crippen molar-refractivity contribution in [3.05, 3.63) is 28.0 Å². The van der Waals surface area contributed by atoms with E-state index >= 15 is 0 Å². The van der Waals surface area contributed by atoms with E-state index in [0.717, 1.165) is 6.07 Å². The molecule has 0 atom stereocenters. The van der Waals surface area contributed by atoms with Crippen molar-refractivity contribution in [3.63, 3.8) is 0 Å². The van der Waals surface area contributed by atoms with Gasteiger partial charge in [0.1, 0.15) is 11.2 Å². The van der Waals surface area contributed by atoms with Gasteiger partial charge in [-0.3, -0.25) is 0 Å². The van der Waals surface area contributed by atoms with Gasteiger partial charge in [-0.25, -0.2) is 4.98 Å². The molecule has 0 saturated carbocycles. The fraction of sp³-hybridized carbons (Fsp3) is 0.250. The molecular weight excluding hydrogens is 217 g/mol. The second-order valence-electron chi connectivity index (χ2n) is 2.60. The first-order chi connectivity index (χ1) is 6.36. The standard InChI is InChI=1S/C8H4ClF3N2/c1-4-2-5(8(10,11)12)6(3-13)14-7(4)9/h2H,1H3. The highest BCUT2D eigenvalue weighted by Crippen LogP contribution is 2.32. The minimum Gasteiger partial charge on any atom is -0.224 e. The van der Waals surface area contributed by atoms with E-state index in [1.165, 1.54) is 13.0 Å². The number of hydrogen-bond donors (Lipinski definition) is 0. The number of nitriles is 1. The van der Waals surface area contributed by atoms with E-state index in [-0.39, 0.29) is 10.7 Å². The Morgan fingerprint density at radius 3 is 2.50 bits per heavy atom. The van der Waals surface area contributed by atoms with Crippen LogP contribution in [0.4, 0.5) is 13.2 Å². The number of aryl methyl sites for hydroxylation is 1. The third-order valence-electron chi connectivity index (χ3n) is 1.56. The maximum Gasteiger partial charge on any atom is 0.419 e. The van der Waals surface area contributed by atoms with Gasteiger partial charge in [-0.05, 0) is 18.6 Å². The van der Waals surface area contributed by atoms with Crippen molar-refractivity contribution in [1.82, 2.24) is 4.98 Å². The molecule has 0 N–H and O–H groups in total. The van der Waals surface area contributed by atoms with Crippen LogP contribution < -0.4 is 0 Å². The highest BCUT2D eigenvalue weighted by Gasteiger charge is 2.35. The van der Waals surface area contributed by atoms with Gasteiger partial charge in [0.05, 0.1) is 5.56 Å². The van der Waals surface area contributed by atoms with Gasteiger partial charge in [0, 0.05) is 0 Å². The second kappa shape index (κ2) is 3.46. The predicted octanol–water partition coefficient (Wildman–Crippen LogP) is 2.93. The maximum absolute atomic E-state index is 12.3. The van der Waals surface area contributed by atoms with E-state index in [1.807, 2.05) is 0 Å². The van der Waals surface area contributed by atoms with Crippen LogP contribution >= 0.6 is 11.6 Å².